The van der Waals surface area contributed by atoms with Gasteiger partial charge in [-0.3, -0.25) is 0 Å². The summed E-state index contributed by atoms with van der Waals surface area (Å²) in [5, 5.41) is 10.0. The molecular formula is C54H31NOS2. The lowest BCUT2D eigenvalue weighted by molar-refractivity contribution is 0.669. The molecule has 9 aromatic carbocycles. The highest BCUT2D eigenvalue weighted by Gasteiger charge is 2.18. The van der Waals surface area contributed by atoms with Crippen molar-refractivity contribution in [2.45, 2.75) is 0 Å². The number of nitrogens with zero attached hydrogens (tertiary/aromatic N) is 1. The third-order valence-electron chi connectivity index (χ3n) is 12.0. The van der Waals surface area contributed by atoms with Crippen molar-refractivity contribution in [3.8, 4) is 39.1 Å². The highest BCUT2D eigenvalue weighted by Crippen LogP contribution is 2.44. The molecule has 0 aliphatic carbocycles. The predicted octanol–water partition coefficient (Wildman–Crippen LogP) is 16.4. The maximum atomic E-state index is 6.21. The van der Waals surface area contributed by atoms with Crippen LogP contribution in [0, 0.1) is 0 Å². The zero-order valence-electron chi connectivity index (χ0n) is 31.1. The second-order valence-electron chi connectivity index (χ2n) is 15.2. The lowest BCUT2D eigenvalue weighted by Gasteiger charge is -2.12. The van der Waals surface area contributed by atoms with E-state index >= 15 is 0 Å². The van der Waals surface area contributed by atoms with Gasteiger partial charge < -0.3 is 8.98 Å². The van der Waals surface area contributed by atoms with Crippen LogP contribution in [0.3, 0.4) is 0 Å². The highest BCUT2D eigenvalue weighted by atomic mass is 32.1. The molecule has 270 valence electrons. The summed E-state index contributed by atoms with van der Waals surface area (Å²) < 4.78 is 14.0. The molecular weight excluding hydrogens is 743 g/mol. The minimum atomic E-state index is 0.911. The first-order valence-electron chi connectivity index (χ1n) is 19.7. The van der Waals surface area contributed by atoms with Gasteiger partial charge in [0.25, 0.3) is 0 Å². The Morgan fingerprint density at radius 1 is 0.328 bits per heavy atom. The molecule has 0 aliphatic rings. The average molecular weight is 774 g/mol. The topological polar surface area (TPSA) is 18.1 Å². The van der Waals surface area contributed by atoms with E-state index in [2.05, 4.69) is 180 Å². The van der Waals surface area contributed by atoms with Crippen LogP contribution in [-0.2, 0) is 0 Å². The molecule has 0 N–H and O–H groups in total. The number of furan rings is 1. The van der Waals surface area contributed by atoms with Gasteiger partial charge in [0.1, 0.15) is 11.2 Å². The Morgan fingerprint density at radius 2 is 0.828 bits per heavy atom. The Hall–Kier alpha value is -6.98. The number of aromatic nitrogens is 1. The normalized spacial score (nSPS) is 12.1. The quantitative estimate of drug-likeness (QED) is 0.174. The number of fused-ring (bicyclic) bond motifs is 12. The van der Waals surface area contributed by atoms with Gasteiger partial charge in [-0.1, -0.05) is 121 Å². The maximum Gasteiger partial charge on any atom is 0.135 e. The van der Waals surface area contributed by atoms with E-state index in [1.165, 1.54) is 95.5 Å². The molecule has 13 aromatic rings. The zero-order chi connectivity index (χ0) is 37.9. The van der Waals surface area contributed by atoms with Crippen LogP contribution in [0.1, 0.15) is 0 Å². The molecule has 0 radical (unpaired) electrons. The number of benzene rings is 9. The average Bonchev–Trinajstić information content (AvgIpc) is 4.04. The van der Waals surface area contributed by atoms with Gasteiger partial charge in [0.15, 0.2) is 0 Å². The van der Waals surface area contributed by atoms with Gasteiger partial charge in [0.05, 0.1) is 11.0 Å². The Labute approximate surface area is 341 Å². The van der Waals surface area contributed by atoms with Crippen LogP contribution in [0.25, 0.3) is 123 Å². The Morgan fingerprint density at radius 3 is 1.52 bits per heavy atom. The van der Waals surface area contributed by atoms with Crippen molar-refractivity contribution < 1.29 is 4.42 Å². The van der Waals surface area contributed by atoms with Crippen LogP contribution >= 0.6 is 22.7 Å². The first-order chi connectivity index (χ1) is 28.7. The van der Waals surface area contributed by atoms with Crippen molar-refractivity contribution in [2.24, 2.45) is 0 Å². The van der Waals surface area contributed by atoms with Crippen LogP contribution in [0.4, 0.5) is 0 Å². The molecule has 13 rings (SSSR count). The molecule has 2 nitrogen and oxygen atoms in total. The minimum absolute atomic E-state index is 0.911. The van der Waals surface area contributed by atoms with E-state index in [0.29, 0.717) is 0 Å². The molecule has 0 bridgehead atoms. The second-order valence-corrected chi connectivity index (χ2v) is 17.3. The molecule has 0 spiro atoms. The fourth-order valence-electron chi connectivity index (χ4n) is 9.32. The Balaban J connectivity index is 1.04. The Kier molecular flexibility index (Phi) is 6.79. The fraction of sp³-hybridized carbons (Fsp3) is 0. The first kappa shape index (κ1) is 32.1. The molecule has 4 heterocycles. The third-order valence-corrected chi connectivity index (χ3v) is 14.4. The van der Waals surface area contributed by atoms with Gasteiger partial charge in [0.2, 0.25) is 0 Å². The molecule has 0 amide bonds. The van der Waals surface area contributed by atoms with Crippen molar-refractivity contribution in [2.75, 3.05) is 0 Å². The van der Waals surface area contributed by atoms with Crippen LogP contribution in [0.2, 0.25) is 0 Å². The van der Waals surface area contributed by atoms with Crippen molar-refractivity contribution in [3.05, 3.63) is 188 Å². The minimum Gasteiger partial charge on any atom is -0.456 e. The summed E-state index contributed by atoms with van der Waals surface area (Å²) in [5.41, 5.74) is 12.7. The molecule has 0 fully saturated rings. The lowest BCUT2D eigenvalue weighted by Crippen LogP contribution is -1.94. The van der Waals surface area contributed by atoms with Crippen LogP contribution < -0.4 is 0 Å². The van der Waals surface area contributed by atoms with Crippen LogP contribution in [0.15, 0.2) is 192 Å². The monoisotopic (exact) mass is 773 g/mol. The van der Waals surface area contributed by atoms with Gasteiger partial charge >= 0.3 is 0 Å². The second kappa shape index (κ2) is 12.3. The van der Waals surface area contributed by atoms with E-state index in [1.54, 1.807) is 0 Å². The van der Waals surface area contributed by atoms with E-state index in [1.807, 2.05) is 34.8 Å². The summed E-state index contributed by atoms with van der Waals surface area (Å²) >= 11 is 3.77. The van der Waals surface area contributed by atoms with E-state index in [0.717, 1.165) is 27.6 Å². The molecule has 0 atom stereocenters. The van der Waals surface area contributed by atoms with Crippen molar-refractivity contribution >= 4 is 107 Å². The van der Waals surface area contributed by atoms with E-state index < -0.39 is 0 Å². The molecule has 0 aliphatic heterocycles. The summed E-state index contributed by atoms with van der Waals surface area (Å²) in [6.07, 6.45) is 0. The van der Waals surface area contributed by atoms with Crippen LogP contribution in [-0.4, -0.2) is 4.57 Å². The predicted molar refractivity (Wildman–Crippen MR) is 250 cm³/mol. The standard InChI is InChI=1S/C54H31NOS2/c1-4-19-49-39(12-1)46-30-33(24-27-50(46)56-49)32-22-25-47-44(29-32)45-31-35(38-16-9-18-43-41-14-3-6-21-52(41)58-54(38)43)23-26-48(45)55(47)36-11-7-10-34(28-36)37-15-8-17-42-40-13-2-5-20-51(40)57-53(37)42/h1-31H. The Bertz CT molecular complexity index is 3820. The number of rotatable bonds is 4. The maximum absolute atomic E-state index is 6.21. The summed E-state index contributed by atoms with van der Waals surface area (Å²) in [6, 6.07) is 69.1. The zero-order valence-corrected chi connectivity index (χ0v) is 32.7. The molecule has 0 saturated carbocycles. The number of thiophene rings is 2. The lowest BCUT2D eigenvalue weighted by atomic mass is 9.98. The fourth-order valence-corrected chi connectivity index (χ4v) is 11.8. The van der Waals surface area contributed by atoms with E-state index in [9.17, 15) is 0 Å². The van der Waals surface area contributed by atoms with Gasteiger partial charge in [-0.2, -0.15) is 0 Å². The first-order valence-corrected chi connectivity index (χ1v) is 21.3. The van der Waals surface area contributed by atoms with Crippen molar-refractivity contribution in [1.82, 2.24) is 4.57 Å². The third kappa shape index (κ3) is 4.70. The van der Waals surface area contributed by atoms with Gasteiger partial charge in [-0.15, -0.1) is 22.7 Å². The molecule has 4 heteroatoms. The van der Waals surface area contributed by atoms with E-state index in [-0.39, 0.29) is 0 Å². The molecule has 0 unspecified atom stereocenters. The van der Waals surface area contributed by atoms with Gasteiger partial charge in [-0.25, -0.2) is 0 Å². The number of para-hydroxylation sites is 1. The van der Waals surface area contributed by atoms with Crippen molar-refractivity contribution in [3.63, 3.8) is 0 Å². The summed E-state index contributed by atoms with van der Waals surface area (Å²) in [4.78, 5) is 0. The SMILES string of the molecule is c1cc(-c2cccc3c2sc2ccccc23)cc(-n2c3ccc(-c4ccc5oc6ccccc6c5c4)cc3c3cc(-c4cccc5c4sc4ccccc45)ccc32)c1. The number of hydrogen-bond donors (Lipinski definition) is 0. The molecule has 58 heavy (non-hydrogen) atoms. The summed E-state index contributed by atoms with van der Waals surface area (Å²) in [6.45, 7) is 0. The summed E-state index contributed by atoms with van der Waals surface area (Å²) in [5.74, 6) is 0. The number of hydrogen-bond acceptors (Lipinski definition) is 3. The van der Waals surface area contributed by atoms with Gasteiger partial charge in [-0.05, 0) is 100 Å². The highest BCUT2D eigenvalue weighted by molar-refractivity contribution is 7.26. The van der Waals surface area contributed by atoms with E-state index in [4.69, 9.17) is 4.42 Å². The molecule has 0 saturated heterocycles. The summed E-state index contributed by atoms with van der Waals surface area (Å²) in [7, 11) is 0. The molecule has 4 aromatic heterocycles. The largest absolute Gasteiger partial charge is 0.456 e. The van der Waals surface area contributed by atoms with Crippen molar-refractivity contribution in [1.29, 1.82) is 0 Å². The smallest absolute Gasteiger partial charge is 0.135 e. The van der Waals surface area contributed by atoms with Gasteiger partial charge in [0, 0.05) is 67.6 Å². The van der Waals surface area contributed by atoms with Crippen LogP contribution in [0.5, 0.6) is 0 Å².